The smallest absolute Gasteiger partial charge is 0.872 e. The van der Waals surface area contributed by atoms with Crippen molar-refractivity contribution < 1.29 is 45.7 Å². The van der Waals surface area contributed by atoms with Gasteiger partial charge in [-0.2, -0.15) is 0 Å². The summed E-state index contributed by atoms with van der Waals surface area (Å²) in [5.41, 5.74) is 5.18. The molecule has 1 radical (unpaired) electrons. The number of pyridine rings is 2. The molecule has 0 saturated carbocycles. The minimum Gasteiger partial charge on any atom is -0.872 e. The molecule has 0 bridgehead atoms. The van der Waals surface area contributed by atoms with Crippen LogP contribution in [0.3, 0.4) is 0 Å². The van der Waals surface area contributed by atoms with Crippen LogP contribution in [-0.4, -0.2) is 40.8 Å². The summed E-state index contributed by atoms with van der Waals surface area (Å²) >= 11 is 6.70. The quantitative estimate of drug-likeness (QED) is 0.0962. The van der Waals surface area contributed by atoms with E-state index in [4.69, 9.17) is 0 Å². The van der Waals surface area contributed by atoms with Gasteiger partial charge in [-0.1, -0.05) is 110 Å². The molecule has 0 unspecified atom stereocenters. The second-order valence-electron chi connectivity index (χ2n) is 10.9. The van der Waals surface area contributed by atoms with Gasteiger partial charge in [0, 0.05) is 44.5 Å². The van der Waals surface area contributed by atoms with Gasteiger partial charge >= 0.3 is 17.1 Å². The van der Waals surface area contributed by atoms with Crippen molar-refractivity contribution in [3.05, 3.63) is 159 Å². The maximum Gasteiger partial charge on any atom is 3.00 e. The van der Waals surface area contributed by atoms with Crippen molar-refractivity contribution >= 4 is 87.6 Å². The summed E-state index contributed by atoms with van der Waals surface area (Å²) in [6.45, 7) is 1.82. The molecule has 2 aromatic heterocycles. The van der Waals surface area contributed by atoms with E-state index in [9.17, 15) is 23.2 Å². The van der Waals surface area contributed by atoms with Crippen molar-refractivity contribution in [1.82, 2.24) is 9.97 Å². The number of halogens is 2. The summed E-state index contributed by atoms with van der Waals surface area (Å²) in [6, 6.07) is 35.1. The van der Waals surface area contributed by atoms with Crippen LogP contribution in [0.5, 0.6) is 11.5 Å². The predicted octanol–water partition coefficient (Wildman–Crippen LogP) is 7.71. The van der Waals surface area contributed by atoms with Gasteiger partial charge in [-0.15, -0.1) is 0 Å². The van der Waals surface area contributed by atoms with Gasteiger partial charge in [0.25, 0.3) is 0 Å². The fourth-order valence-electron chi connectivity index (χ4n) is 4.61. The minimum absolute atomic E-state index is 0. The largest absolute Gasteiger partial charge is 3.00 e. The normalized spacial score (nSPS) is 10.9. The summed E-state index contributed by atoms with van der Waals surface area (Å²) in [5.74, 6) is -0.102. The molecule has 269 valence electrons. The standard InChI is InChI=1S/2C16H11BrN2O.C7H8O3S.Fe.H2O/c2*17-13-6-7-15(20)12(9-13)10-19-14-5-1-3-11-4-2-8-18-16(11)14;1-6-2-4-7(5-3-6)11(8,9)10;;/h2*1-10,20H;2-5H,1H3,(H,8,9,10);;1H2/q;;;+3;/p-3. The van der Waals surface area contributed by atoms with Crippen LogP contribution in [0.15, 0.2) is 158 Å². The molecule has 0 aliphatic heterocycles. The number of aliphatic imine (C=N–C) groups is 2. The number of fused-ring (bicyclic) bond motifs is 2. The zero-order chi connectivity index (χ0) is 36.4. The summed E-state index contributed by atoms with van der Waals surface area (Å²) < 4.78 is 32.9. The number of aromatic nitrogens is 2. The van der Waals surface area contributed by atoms with Crippen molar-refractivity contribution in [3.8, 4) is 11.5 Å². The first-order valence-corrected chi connectivity index (χ1v) is 18.2. The Labute approximate surface area is 333 Å². The molecule has 0 fully saturated rings. The van der Waals surface area contributed by atoms with Crippen molar-refractivity contribution in [2.45, 2.75) is 11.8 Å². The van der Waals surface area contributed by atoms with Crippen molar-refractivity contribution in [2.75, 3.05) is 0 Å². The van der Waals surface area contributed by atoms with Crippen molar-refractivity contribution in [1.29, 1.82) is 0 Å². The summed E-state index contributed by atoms with van der Waals surface area (Å²) in [7, 11) is -4.27. The van der Waals surface area contributed by atoms with Gasteiger partial charge in [0.1, 0.15) is 10.1 Å². The first-order valence-electron chi connectivity index (χ1n) is 15.2. The number of aryl methyl sites for hydroxylation is 1. The van der Waals surface area contributed by atoms with Crippen LogP contribution in [0.1, 0.15) is 16.7 Å². The molecule has 14 heteroatoms. The van der Waals surface area contributed by atoms with E-state index in [0.29, 0.717) is 11.1 Å². The average Bonchev–Trinajstić information content (AvgIpc) is 3.12. The Kier molecular flexibility index (Phi) is 16.0. The first-order chi connectivity index (χ1) is 24.5. The Balaban J connectivity index is 0.000000219. The SMILES string of the molecule is Cc1ccc(S(=O)(=O)[O-])cc1.O.[Fe+3].[O-]c1ccc(Br)cc1C=Nc1cccc2cccnc12.[O-]c1ccc(Br)cc1C=Nc1cccc2cccnc12. The summed E-state index contributed by atoms with van der Waals surface area (Å²) in [4.78, 5) is 17.3. The first kappa shape index (κ1) is 42.6. The van der Waals surface area contributed by atoms with E-state index in [1.165, 1.54) is 24.3 Å². The predicted molar refractivity (Wildman–Crippen MR) is 208 cm³/mol. The van der Waals surface area contributed by atoms with E-state index in [1.54, 1.807) is 61.2 Å². The van der Waals surface area contributed by atoms with Gasteiger partial charge < -0.3 is 20.2 Å². The number of hydrogen-bond acceptors (Lipinski definition) is 9. The van der Waals surface area contributed by atoms with Crippen molar-refractivity contribution in [3.63, 3.8) is 0 Å². The molecule has 2 heterocycles. The van der Waals surface area contributed by atoms with Crippen LogP contribution >= 0.6 is 31.9 Å². The molecule has 5 aromatic carbocycles. The van der Waals surface area contributed by atoms with E-state index in [2.05, 4.69) is 51.8 Å². The molecule has 7 rings (SSSR count). The van der Waals surface area contributed by atoms with E-state index >= 15 is 0 Å². The molecule has 53 heavy (non-hydrogen) atoms. The van der Waals surface area contributed by atoms with Gasteiger partial charge in [0.05, 0.1) is 27.3 Å². The number of nitrogens with zero attached hydrogens (tertiary/aromatic N) is 4. The Morgan fingerprint density at radius 2 is 1.04 bits per heavy atom. The van der Waals surface area contributed by atoms with Crippen LogP contribution < -0.4 is 10.2 Å². The van der Waals surface area contributed by atoms with E-state index < -0.39 is 10.1 Å². The Hall–Kier alpha value is -4.79. The molecule has 0 atom stereocenters. The zero-order valence-corrected chi connectivity index (χ0v) is 32.8. The zero-order valence-electron chi connectivity index (χ0n) is 27.7. The third-order valence-corrected chi connectivity index (χ3v) is 9.00. The van der Waals surface area contributed by atoms with E-state index in [1.807, 2.05) is 67.6 Å². The Morgan fingerprint density at radius 3 is 1.45 bits per heavy atom. The van der Waals surface area contributed by atoms with Gasteiger partial charge in [0.15, 0.2) is 0 Å². The molecule has 0 spiro atoms. The molecule has 0 aliphatic carbocycles. The topological polar surface area (TPSA) is 185 Å². The fourth-order valence-corrected chi connectivity index (χ4v) is 5.84. The minimum atomic E-state index is -4.27. The third-order valence-electron chi connectivity index (χ3n) is 7.16. The Bertz CT molecular complexity index is 2340. The second kappa shape index (κ2) is 19.9. The molecule has 0 amide bonds. The molecular formula is C39H29Br2FeN4O6S. The molecule has 10 nitrogen and oxygen atoms in total. The van der Waals surface area contributed by atoms with Crippen LogP contribution in [-0.2, 0) is 27.2 Å². The maximum atomic E-state index is 11.7. The van der Waals surface area contributed by atoms with Crippen LogP contribution in [0.4, 0.5) is 11.4 Å². The second-order valence-corrected chi connectivity index (χ2v) is 14.1. The Morgan fingerprint density at radius 1 is 0.623 bits per heavy atom. The number of rotatable bonds is 5. The number of para-hydroxylation sites is 2. The monoisotopic (exact) mass is 895 g/mol. The molecular weight excluding hydrogens is 868 g/mol. The van der Waals surface area contributed by atoms with Gasteiger partial charge in [-0.05, 0) is 78.7 Å². The van der Waals surface area contributed by atoms with Gasteiger partial charge in [-0.3, -0.25) is 20.0 Å². The third kappa shape index (κ3) is 12.1. The molecule has 2 N–H and O–H groups in total. The van der Waals surface area contributed by atoms with Crippen LogP contribution in [0.25, 0.3) is 21.8 Å². The van der Waals surface area contributed by atoms with Crippen molar-refractivity contribution in [2.24, 2.45) is 9.98 Å². The molecule has 7 aromatic rings. The summed E-state index contributed by atoms with van der Waals surface area (Å²) in [6.07, 6.45) is 6.63. The number of hydrogen-bond donors (Lipinski definition) is 0. The van der Waals surface area contributed by atoms with Crippen LogP contribution in [0.2, 0.25) is 0 Å². The fraction of sp³-hybridized carbons (Fsp3) is 0.0256. The summed E-state index contributed by atoms with van der Waals surface area (Å²) in [5, 5.41) is 25.5. The van der Waals surface area contributed by atoms with Crippen LogP contribution in [0, 0.1) is 6.92 Å². The van der Waals surface area contributed by atoms with Gasteiger partial charge in [0.2, 0.25) is 0 Å². The van der Waals surface area contributed by atoms with Gasteiger partial charge in [-0.25, -0.2) is 8.42 Å². The number of benzene rings is 5. The molecule has 0 aliphatic rings. The maximum absolute atomic E-state index is 11.7. The molecule has 0 saturated heterocycles. The van der Waals surface area contributed by atoms with E-state index in [0.717, 1.165) is 47.7 Å². The average molecular weight is 897 g/mol. The van der Waals surface area contributed by atoms with E-state index in [-0.39, 0.29) is 38.9 Å².